The minimum Gasteiger partial charge on any atom is -0.382 e. The maximum Gasteiger partial charge on any atom is 0.122 e. The van der Waals surface area contributed by atoms with E-state index in [1.54, 1.807) is 22.7 Å². The summed E-state index contributed by atoms with van der Waals surface area (Å²) in [6.07, 6.45) is -0.528. The average molecular weight is 295 g/mol. The van der Waals surface area contributed by atoms with E-state index in [1.165, 1.54) is 4.88 Å². The Morgan fingerprint density at radius 3 is 2.61 bits per heavy atom. The molecule has 1 nitrogen and oxygen atoms in total. The van der Waals surface area contributed by atoms with E-state index in [4.69, 9.17) is 11.6 Å². The number of hydrogen-bond donors (Lipinski definition) is 1. The SMILES string of the molecule is Cc1ccc(C(O)c2cc3cc(Cl)ccc3s2)s1. The normalized spacial score (nSPS) is 13.1. The van der Waals surface area contributed by atoms with E-state index in [1.807, 2.05) is 43.3 Å². The number of benzene rings is 1. The van der Waals surface area contributed by atoms with Gasteiger partial charge in [-0.15, -0.1) is 22.7 Å². The molecule has 2 heterocycles. The molecule has 1 unspecified atom stereocenters. The summed E-state index contributed by atoms with van der Waals surface area (Å²) < 4.78 is 1.15. The zero-order valence-corrected chi connectivity index (χ0v) is 12.1. The molecule has 3 rings (SSSR count). The van der Waals surface area contributed by atoms with Crippen LogP contribution in [0.1, 0.15) is 20.7 Å². The Morgan fingerprint density at radius 1 is 1.06 bits per heavy atom. The van der Waals surface area contributed by atoms with Gasteiger partial charge in [0.15, 0.2) is 0 Å². The molecule has 0 radical (unpaired) electrons. The van der Waals surface area contributed by atoms with Crippen molar-refractivity contribution in [3.8, 4) is 0 Å². The lowest BCUT2D eigenvalue weighted by atomic mass is 10.2. The predicted molar refractivity (Wildman–Crippen MR) is 80.0 cm³/mol. The molecule has 1 N–H and O–H groups in total. The molecule has 1 aromatic carbocycles. The van der Waals surface area contributed by atoms with E-state index in [0.29, 0.717) is 0 Å². The smallest absolute Gasteiger partial charge is 0.122 e. The number of thiophene rings is 2. The quantitative estimate of drug-likeness (QED) is 0.704. The fourth-order valence-electron chi connectivity index (χ4n) is 1.91. The molecule has 0 aliphatic heterocycles. The van der Waals surface area contributed by atoms with Crippen molar-refractivity contribution in [2.75, 3.05) is 0 Å². The zero-order valence-electron chi connectivity index (χ0n) is 9.68. The molecule has 0 saturated carbocycles. The molecule has 18 heavy (non-hydrogen) atoms. The van der Waals surface area contributed by atoms with E-state index < -0.39 is 6.10 Å². The number of fused-ring (bicyclic) bond motifs is 1. The lowest BCUT2D eigenvalue weighted by molar-refractivity contribution is 0.228. The van der Waals surface area contributed by atoms with Gasteiger partial charge < -0.3 is 5.11 Å². The molecule has 4 heteroatoms. The van der Waals surface area contributed by atoms with Crippen LogP contribution in [0.5, 0.6) is 0 Å². The molecule has 0 saturated heterocycles. The van der Waals surface area contributed by atoms with Gasteiger partial charge in [0.1, 0.15) is 6.10 Å². The van der Waals surface area contributed by atoms with Gasteiger partial charge in [0, 0.05) is 24.4 Å². The van der Waals surface area contributed by atoms with Gasteiger partial charge in [0.2, 0.25) is 0 Å². The molecule has 0 spiro atoms. The van der Waals surface area contributed by atoms with Crippen molar-refractivity contribution < 1.29 is 5.11 Å². The fraction of sp³-hybridized carbons (Fsp3) is 0.143. The average Bonchev–Trinajstić information content (AvgIpc) is 2.93. The van der Waals surface area contributed by atoms with E-state index >= 15 is 0 Å². The van der Waals surface area contributed by atoms with E-state index in [2.05, 4.69) is 0 Å². The highest BCUT2D eigenvalue weighted by Gasteiger charge is 2.15. The minimum absolute atomic E-state index is 0.528. The minimum atomic E-state index is -0.528. The molecule has 2 aromatic heterocycles. The summed E-state index contributed by atoms with van der Waals surface area (Å²) in [6.45, 7) is 2.05. The molecule has 0 amide bonds. The molecule has 92 valence electrons. The van der Waals surface area contributed by atoms with Crippen LogP contribution >= 0.6 is 34.3 Å². The van der Waals surface area contributed by atoms with Crippen molar-refractivity contribution in [3.63, 3.8) is 0 Å². The lowest BCUT2D eigenvalue weighted by Gasteiger charge is -2.04. The van der Waals surface area contributed by atoms with Crippen LogP contribution in [-0.2, 0) is 0 Å². The van der Waals surface area contributed by atoms with Crippen molar-refractivity contribution in [1.82, 2.24) is 0 Å². The molecular weight excluding hydrogens is 284 g/mol. The number of halogens is 1. The van der Waals surface area contributed by atoms with Gasteiger partial charge in [0.05, 0.1) is 0 Å². The van der Waals surface area contributed by atoms with Gasteiger partial charge in [-0.2, -0.15) is 0 Å². The van der Waals surface area contributed by atoms with Crippen LogP contribution < -0.4 is 0 Å². The molecule has 3 aromatic rings. The van der Waals surface area contributed by atoms with Crippen LogP contribution in [0, 0.1) is 6.92 Å². The summed E-state index contributed by atoms with van der Waals surface area (Å²) in [5, 5.41) is 12.2. The number of rotatable bonds is 2. The lowest BCUT2D eigenvalue weighted by Crippen LogP contribution is -1.92. The molecule has 0 fully saturated rings. The number of aliphatic hydroxyl groups is 1. The first-order chi connectivity index (χ1) is 8.63. The Balaban J connectivity index is 2.03. The largest absolute Gasteiger partial charge is 0.382 e. The van der Waals surface area contributed by atoms with E-state index in [9.17, 15) is 5.11 Å². The molecule has 0 aliphatic rings. The highest BCUT2D eigenvalue weighted by atomic mass is 35.5. The van der Waals surface area contributed by atoms with Crippen molar-refractivity contribution in [3.05, 3.63) is 56.1 Å². The first-order valence-electron chi connectivity index (χ1n) is 5.57. The van der Waals surface area contributed by atoms with Gasteiger partial charge in [-0.1, -0.05) is 11.6 Å². The highest BCUT2D eigenvalue weighted by molar-refractivity contribution is 7.19. The Hall–Kier alpha value is -0.870. The molecule has 0 aliphatic carbocycles. The van der Waals surface area contributed by atoms with Gasteiger partial charge in [-0.25, -0.2) is 0 Å². The van der Waals surface area contributed by atoms with Crippen molar-refractivity contribution in [2.24, 2.45) is 0 Å². The maximum absolute atomic E-state index is 10.4. The standard InChI is InChI=1S/C14H11ClOS2/c1-8-2-4-12(17-8)14(16)13-7-9-6-10(15)3-5-11(9)18-13/h2-7,14,16H,1H3. The summed E-state index contributed by atoms with van der Waals surface area (Å²) in [6, 6.07) is 11.9. The van der Waals surface area contributed by atoms with Crippen LogP contribution in [0.2, 0.25) is 5.02 Å². The molecular formula is C14H11ClOS2. The number of aliphatic hydroxyl groups excluding tert-OH is 1. The molecule has 1 atom stereocenters. The Morgan fingerprint density at radius 2 is 1.89 bits per heavy atom. The first kappa shape index (κ1) is 12.2. The summed E-state index contributed by atoms with van der Waals surface area (Å²) in [5.74, 6) is 0. The summed E-state index contributed by atoms with van der Waals surface area (Å²) in [4.78, 5) is 3.17. The summed E-state index contributed by atoms with van der Waals surface area (Å²) in [5.41, 5.74) is 0. The van der Waals surface area contributed by atoms with Crippen LogP contribution in [0.3, 0.4) is 0 Å². The second kappa shape index (κ2) is 4.67. The third-order valence-corrected chi connectivity index (χ3v) is 5.25. The highest BCUT2D eigenvalue weighted by Crippen LogP contribution is 2.36. The second-order valence-electron chi connectivity index (χ2n) is 4.18. The van der Waals surface area contributed by atoms with Crippen molar-refractivity contribution in [1.29, 1.82) is 0 Å². The van der Waals surface area contributed by atoms with Crippen LogP contribution in [0.25, 0.3) is 10.1 Å². The first-order valence-corrected chi connectivity index (χ1v) is 7.58. The Labute approximate surface area is 118 Å². The van der Waals surface area contributed by atoms with Crippen LogP contribution in [0.15, 0.2) is 36.4 Å². The summed E-state index contributed by atoms with van der Waals surface area (Å²) >= 11 is 9.22. The number of aryl methyl sites for hydroxylation is 1. The molecule has 0 bridgehead atoms. The maximum atomic E-state index is 10.4. The topological polar surface area (TPSA) is 20.2 Å². The van der Waals surface area contributed by atoms with Crippen LogP contribution in [-0.4, -0.2) is 5.11 Å². The van der Waals surface area contributed by atoms with Crippen molar-refractivity contribution in [2.45, 2.75) is 13.0 Å². The zero-order chi connectivity index (χ0) is 12.7. The Kier molecular flexibility index (Phi) is 3.16. The third-order valence-electron chi connectivity index (χ3n) is 2.80. The number of hydrogen-bond acceptors (Lipinski definition) is 3. The third kappa shape index (κ3) is 2.19. The van der Waals surface area contributed by atoms with E-state index in [-0.39, 0.29) is 0 Å². The van der Waals surface area contributed by atoms with Crippen molar-refractivity contribution >= 4 is 44.4 Å². The summed E-state index contributed by atoms with van der Waals surface area (Å²) in [7, 11) is 0. The predicted octanol–water partition coefficient (Wildman–Crippen LogP) is 5.01. The van der Waals surface area contributed by atoms with Gasteiger partial charge in [0.25, 0.3) is 0 Å². The van der Waals surface area contributed by atoms with Crippen LogP contribution in [0.4, 0.5) is 0 Å². The second-order valence-corrected chi connectivity index (χ2v) is 7.05. The van der Waals surface area contributed by atoms with Gasteiger partial charge >= 0.3 is 0 Å². The monoisotopic (exact) mass is 294 g/mol. The Bertz CT molecular complexity index is 699. The van der Waals surface area contributed by atoms with E-state index in [0.717, 1.165) is 24.9 Å². The fourth-order valence-corrected chi connectivity index (χ4v) is 4.10. The van der Waals surface area contributed by atoms with Gasteiger partial charge in [-0.05, 0) is 48.7 Å². The van der Waals surface area contributed by atoms with Gasteiger partial charge in [-0.3, -0.25) is 0 Å².